The maximum absolute atomic E-state index is 6.05. The van der Waals surface area contributed by atoms with Crippen LogP contribution in [-0.4, -0.2) is 7.05 Å². The Bertz CT molecular complexity index is 421. The first kappa shape index (κ1) is 9.77. The molecule has 0 aliphatic rings. The van der Waals surface area contributed by atoms with Crippen molar-refractivity contribution in [2.75, 3.05) is 7.05 Å². The van der Waals surface area contributed by atoms with Gasteiger partial charge < -0.3 is 9.73 Å². The fourth-order valence-corrected chi connectivity index (χ4v) is 2.53. The molecule has 0 saturated heterocycles. The smallest absolute Gasteiger partial charge is 0.126 e. The zero-order valence-electron chi connectivity index (χ0n) is 7.71. The molecular formula is C10H10ClNOS. The fraction of sp³-hybridized carbons (Fsp3) is 0.200. The molecule has 2 rings (SSSR count). The molecule has 0 unspecified atom stereocenters. The van der Waals surface area contributed by atoms with E-state index in [2.05, 4.69) is 5.32 Å². The second-order valence-electron chi connectivity index (χ2n) is 2.89. The van der Waals surface area contributed by atoms with Crippen LogP contribution < -0.4 is 5.32 Å². The van der Waals surface area contributed by atoms with Gasteiger partial charge in [-0.25, -0.2) is 0 Å². The predicted molar refractivity (Wildman–Crippen MR) is 59.8 cm³/mol. The van der Waals surface area contributed by atoms with E-state index in [1.165, 1.54) is 0 Å². The van der Waals surface area contributed by atoms with Gasteiger partial charge in [0, 0.05) is 5.56 Å². The van der Waals surface area contributed by atoms with E-state index in [9.17, 15) is 0 Å². The van der Waals surface area contributed by atoms with Crippen molar-refractivity contribution in [3.8, 4) is 10.4 Å². The lowest BCUT2D eigenvalue weighted by atomic mass is 10.2. The Morgan fingerprint density at radius 2 is 2.36 bits per heavy atom. The second kappa shape index (κ2) is 4.17. The van der Waals surface area contributed by atoms with Gasteiger partial charge in [0.2, 0.25) is 0 Å². The van der Waals surface area contributed by atoms with Crippen LogP contribution in [0.1, 0.15) is 5.76 Å². The molecule has 4 heteroatoms. The van der Waals surface area contributed by atoms with E-state index in [0.717, 1.165) is 27.8 Å². The molecule has 0 spiro atoms. The van der Waals surface area contributed by atoms with Gasteiger partial charge in [0.1, 0.15) is 5.76 Å². The third kappa shape index (κ3) is 1.71. The van der Waals surface area contributed by atoms with Crippen LogP contribution in [0.5, 0.6) is 0 Å². The highest BCUT2D eigenvalue weighted by atomic mass is 35.5. The van der Waals surface area contributed by atoms with E-state index >= 15 is 0 Å². The summed E-state index contributed by atoms with van der Waals surface area (Å²) in [5.41, 5.74) is 1.08. The Hall–Kier alpha value is -0.770. The van der Waals surface area contributed by atoms with Gasteiger partial charge in [-0.1, -0.05) is 11.6 Å². The highest BCUT2D eigenvalue weighted by Crippen LogP contribution is 2.35. The van der Waals surface area contributed by atoms with Crippen molar-refractivity contribution in [3.05, 3.63) is 34.6 Å². The van der Waals surface area contributed by atoms with Crippen LogP contribution in [0.25, 0.3) is 10.4 Å². The number of thiophene rings is 1. The fourth-order valence-electron chi connectivity index (χ4n) is 1.33. The predicted octanol–water partition coefficient (Wildman–Crippen LogP) is 3.38. The minimum Gasteiger partial charge on any atom is -0.467 e. The molecule has 2 aromatic rings. The molecule has 0 aliphatic heterocycles. The van der Waals surface area contributed by atoms with E-state index in [-0.39, 0.29) is 0 Å². The van der Waals surface area contributed by atoms with Gasteiger partial charge in [0.15, 0.2) is 0 Å². The number of furan rings is 1. The number of halogens is 1. The van der Waals surface area contributed by atoms with E-state index in [1.807, 2.05) is 24.6 Å². The summed E-state index contributed by atoms with van der Waals surface area (Å²) in [7, 11) is 1.89. The van der Waals surface area contributed by atoms with E-state index in [1.54, 1.807) is 17.6 Å². The largest absolute Gasteiger partial charge is 0.467 e. The molecule has 2 heterocycles. The quantitative estimate of drug-likeness (QED) is 0.870. The average Bonchev–Trinajstić information content (AvgIpc) is 2.74. The molecular weight excluding hydrogens is 218 g/mol. The highest BCUT2D eigenvalue weighted by Gasteiger charge is 2.11. The molecule has 0 saturated carbocycles. The Labute approximate surface area is 91.5 Å². The van der Waals surface area contributed by atoms with Gasteiger partial charge in [-0.05, 0) is 24.6 Å². The highest BCUT2D eigenvalue weighted by molar-refractivity contribution is 7.14. The Balaban J connectivity index is 2.41. The van der Waals surface area contributed by atoms with E-state index in [4.69, 9.17) is 16.0 Å². The molecule has 2 nitrogen and oxygen atoms in total. The first-order valence-corrected chi connectivity index (χ1v) is 5.53. The lowest BCUT2D eigenvalue weighted by Crippen LogP contribution is -2.04. The summed E-state index contributed by atoms with van der Waals surface area (Å²) in [4.78, 5) is 1.07. The number of nitrogens with one attached hydrogen (secondary N) is 1. The van der Waals surface area contributed by atoms with E-state index < -0.39 is 0 Å². The van der Waals surface area contributed by atoms with Crippen LogP contribution in [0.4, 0.5) is 0 Å². The average molecular weight is 228 g/mol. The second-order valence-corrected chi connectivity index (χ2v) is 4.21. The minimum absolute atomic E-state index is 0.719. The third-order valence-corrected chi connectivity index (χ3v) is 3.32. The normalized spacial score (nSPS) is 10.7. The molecule has 2 aromatic heterocycles. The minimum atomic E-state index is 0.719. The monoisotopic (exact) mass is 227 g/mol. The molecule has 14 heavy (non-hydrogen) atoms. The molecule has 1 N–H and O–H groups in total. The van der Waals surface area contributed by atoms with Crippen molar-refractivity contribution in [1.29, 1.82) is 0 Å². The zero-order chi connectivity index (χ0) is 9.97. The topological polar surface area (TPSA) is 25.2 Å². The number of rotatable bonds is 3. The number of hydrogen-bond acceptors (Lipinski definition) is 3. The van der Waals surface area contributed by atoms with Crippen molar-refractivity contribution in [3.63, 3.8) is 0 Å². The van der Waals surface area contributed by atoms with Gasteiger partial charge in [-0.15, -0.1) is 11.3 Å². The van der Waals surface area contributed by atoms with Crippen LogP contribution in [0.3, 0.4) is 0 Å². The summed E-state index contributed by atoms with van der Waals surface area (Å²) in [5.74, 6) is 0.928. The maximum Gasteiger partial charge on any atom is 0.126 e. The summed E-state index contributed by atoms with van der Waals surface area (Å²) in [5, 5.41) is 5.83. The van der Waals surface area contributed by atoms with Crippen molar-refractivity contribution < 1.29 is 4.42 Å². The first-order chi connectivity index (χ1) is 6.83. The summed E-state index contributed by atoms with van der Waals surface area (Å²) in [6, 6.07) is 3.85. The SMILES string of the molecule is CNCc1occc1-c1sccc1Cl. The van der Waals surface area contributed by atoms with Gasteiger partial charge in [-0.3, -0.25) is 0 Å². The van der Waals surface area contributed by atoms with Gasteiger partial charge in [-0.2, -0.15) is 0 Å². The van der Waals surface area contributed by atoms with Crippen molar-refractivity contribution >= 4 is 22.9 Å². The lowest BCUT2D eigenvalue weighted by Gasteiger charge is -1.99. The Morgan fingerprint density at radius 3 is 3.00 bits per heavy atom. The Kier molecular flexibility index (Phi) is 2.91. The molecule has 0 aromatic carbocycles. The van der Waals surface area contributed by atoms with Crippen molar-refractivity contribution in [1.82, 2.24) is 5.32 Å². The Morgan fingerprint density at radius 1 is 1.50 bits per heavy atom. The molecule has 0 fully saturated rings. The molecule has 0 amide bonds. The molecule has 0 aliphatic carbocycles. The summed E-state index contributed by atoms with van der Waals surface area (Å²) < 4.78 is 5.37. The van der Waals surface area contributed by atoms with Crippen LogP contribution in [0, 0.1) is 0 Å². The van der Waals surface area contributed by atoms with E-state index in [0.29, 0.717) is 0 Å². The zero-order valence-corrected chi connectivity index (χ0v) is 9.28. The van der Waals surface area contributed by atoms with Gasteiger partial charge in [0.25, 0.3) is 0 Å². The van der Waals surface area contributed by atoms with Crippen molar-refractivity contribution in [2.24, 2.45) is 0 Å². The first-order valence-electron chi connectivity index (χ1n) is 4.27. The molecule has 0 radical (unpaired) electrons. The van der Waals surface area contributed by atoms with Crippen molar-refractivity contribution in [2.45, 2.75) is 6.54 Å². The van der Waals surface area contributed by atoms with Crippen LogP contribution in [0.2, 0.25) is 5.02 Å². The summed E-state index contributed by atoms with van der Waals surface area (Å²) in [6.07, 6.45) is 1.69. The molecule has 74 valence electrons. The van der Waals surface area contributed by atoms with Gasteiger partial charge >= 0.3 is 0 Å². The standard InChI is InChI=1S/C10H10ClNOS/c1-12-6-9-7(2-4-13-9)10-8(11)3-5-14-10/h2-5,12H,6H2,1H3. The summed E-state index contributed by atoms with van der Waals surface area (Å²) >= 11 is 7.68. The maximum atomic E-state index is 6.05. The summed E-state index contributed by atoms with van der Waals surface area (Å²) in [6.45, 7) is 0.719. The molecule has 0 bridgehead atoms. The molecule has 0 atom stereocenters. The van der Waals surface area contributed by atoms with Crippen LogP contribution >= 0.6 is 22.9 Å². The lowest BCUT2D eigenvalue weighted by molar-refractivity contribution is 0.497. The third-order valence-electron chi connectivity index (χ3n) is 1.94. The van der Waals surface area contributed by atoms with Crippen LogP contribution in [-0.2, 0) is 6.54 Å². The van der Waals surface area contributed by atoms with Crippen LogP contribution in [0.15, 0.2) is 28.2 Å². The van der Waals surface area contributed by atoms with Gasteiger partial charge in [0.05, 0.1) is 22.7 Å². The number of hydrogen-bond donors (Lipinski definition) is 1.